The van der Waals surface area contributed by atoms with Crippen LogP contribution in [0, 0.1) is 0 Å². The van der Waals surface area contributed by atoms with Crippen molar-refractivity contribution in [1.29, 1.82) is 0 Å². The van der Waals surface area contributed by atoms with E-state index in [0.717, 1.165) is 12.3 Å². The summed E-state index contributed by atoms with van der Waals surface area (Å²) >= 11 is 5.93. The molecule has 0 aliphatic carbocycles. The van der Waals surface area contributed by atoms with Gasteiger partial charge in [0.1, 0.15) is 5.65 Å². The van der Waals surface area contributed by atoms with Crippen LogP contribution in [0.5, 0.6) is 0 Å². The highest BCUT2D eigenvalue weighted by atomic mass is 35.5. The molecule has 138 valence electrons. The van der Waals surface area contributed by atoms with E-state index in [9.17, 15) is 16.8 Å². The van der Waals surface area contributed by atoms with Crippen molar-refractivity contribution >= 4 is 42.8 Å². The van der Waals surface area contributed by atoms with Crippen LogP contribution in [0.15, 0.2) is 52.5 Å². The van der Waals surface area contributed by atoms with E-state index in [-0.39, 0.29) is 22.0 Å². The Labute approximate surface area is 155 Å². The van der Waals surface area contributed by atoms with Crippen LogP contribution in [-0.4, -0.2) is 32.5 Å². The number of nitrogens with zero attached hydrogens (tertiary/aromatic N) is 2. The third-order valence-corrected chi connectivity index (χ3v) is 5.88. The zero-order valence-electron chi connectivity index (χ0n) is 13.5. The molecule has 0 unspecified atom stereocenters. The fraction of sp³-hybridized carbons (Fsp3) is 0.133. The van der Waals surface area contributed by atoms with Crippen molar-refractivity contribution in [2.75, 3.05) is 11.6 Å². The highest BCUT2D eigenvalue weighted by Crippen LogP contribution is 2.25. The van der Waals surface area contributed by atoms with E-state index in [1.54, 1.807) is 28.9 Å². The largest absolute Gasteiger partial charge is 0.378 e. The molecule has 0 saturated heterocycles. The van der Waals surface area contributed by atoms with E-state index in [0.29, 0.717) is 16.4 Å². The SMILES string of the molecule is CS(=O)(=O)c1cc(S(N)(=O)=O)ccc1NCc1cn2cc(Cl)ccc2n1. The fourth-order valence-electron chi connectivity index (χ4n) is 2.42. The molecule has 0 radical (unpaired) electrons. The Morgan fingerprint density at radius 2 is 1.88 bits per heavy atom. The van der Waals surface area contributed by atoms with Crippen LogP contribution in [-0.2, 0) is 26.4 Å². The lowest BCUT2D eigenvalue weighted by Gasteiger charge is -2.11. The molecule has 8 nitrogen and oxygen atoms in total. The Kier molecular flexibility index (Phi) is 4.69. The molecule has 11 heteroatoms. The Morgan fingerprint density at radius 1 is 1.15 bits per heavy atom. The monoisotopic (exact) mass is 414 g/mol. The number of fused-ring (bicyclic) bond motifs is 1. The van der Waals surface area contributed by atoms with Gasteiger partial charge in [-0.2, -0.15) is 0 Å². The zero-order chi connectivity index (χ0) is 19.1. The standard InChI is InChI=1S/C15H15ClN4O4S2/c1-25(21,22)14-6-12(26(17,23)24)3-4-13(14)18-7-11-9-20-8-10(16)2-5-15(20)19-11/h2-6,8-9,18H,7H2,1H3,(H2,17,23,24). The maximum absolute atomic E-state index is 12.0. The van der Waals surface area contributed by atoms with Gasteiger partial charge in [-0.25, -0.2) is 27.0 Å². The van der Waals surface area contributed by atoms with Crippen LogP contribution >= 0.6 is 11.6 Å². The van der Waals surface area contributed by atoms with E-state index in [1.807, 2.05) is 0 Å². The van der Waals surface area contributed by atoms with E-state index >= 15 is 0 Å². The van der Waals surface area contributed by atoms with Crippen LogP contribution in [0.25, 0.3) is 5.65 Å². The van der Waals surface area contributed by atoms with Crippen molar-refractivity contribution in [1.82, 2.24) is 9.38 Å². The van der Waals surface area contributed by atoms with E-state index in [4.69, 9.17) is 16.7 Å². The van der Waals surface area contributed by atoms with Gasteiger partial charge in [0.15, 0.2) is 9.84 Å². The maximum Gasteiger partial charge on any atom is 0.238 e. The molecule has 0 atom stereocenters. The quantitative estimate of drug-likeness (QED) is 0.654. The molecule has 0 spiro atoms. The number of hydrogen-bond donors (Lipinski definition) is 2. The second-order valence-corrected chi connectivity index (χ2v) is 9.66. The molecule has 0 amide bonds. The number of rotatable bonds is 5. The molecule has 0 aliphatic heterocycles. The second kappa shape index (κ2) is 6.54. The summed E-state index contributed by atoms with van der Waals surface area (Å²) in [4.78, 5) is 3.97. The van der Waals surface area contributed by atoms with Crippen LogP contribution < -0.4 is 10.5 Å². The number of anilines is 1. The first-order chi connectivity index (χ1) is 12.0. The molecule has 0 bridgehead atoms. The van der Waals surface area contributed by atoms with Gasteiger partial charge in [0.2, 0.25) is 10.0 Å². The van der Waals surface area contributed by atoms with Crippen LogP contribution in [0.3, 0.4) is 0 Å². The molecule has 2 aromatic heterocycles. The summed E-state index contributed by atoms with van der Waals surface area (Å²) in [6.45, 7) is 0.233. The molecule has 1 aromatic carbocycles. The van der Waals surface area contributed by atoms with E-state index in [1.165, 1.54) is 12.1 Å². The lowest BCUT2D eigenvalue weighted by molar-refractivity contribution is 0.597. The fourth-order valence-corrected chi connectivity index (χ4v) is 4.08. The molecular weight excluding hydrogens is 400 g/mol. The average Bonchev–Trinajstić information content (AvgIpc) is 2.93. The third-order valence-electron chi connectivity index (χ3n) is 3.61. The zero-order valence-corrected chi connectivity index (χ0v) is 15.9. The predicted molar refractivity (Wildman–Crippen MR) is 98.5 cm³/mol. The molecule has 0 aliphatic rings. The molecule has 0 saturated carbocycles. The van der Waals surface area contributed by atoms with Crippen molar-refractivity contribution < 1.29 is 16.8 Å². The number of primary sulfonamides is 1. The number of imidazole rings is 1. The molecule has 0 fully saturated rings. The third kappa shape index (κ3) is 3.98. The molecule has 3 N–H and O–H groups in total. The number of halogens is 1. The van der Waals surface area contributed by atoms with E-state index < -0.39 is 19.9 Å². The van der Waals surface area contributed by atoms with Gasteiger partial charge in [-0.1, -0.05) is 11.6 Å². The number of aromatic nitrogens is 2. The van der Waals surface area contributed by atoms with Crippen molar-refractivity contribution in [2.24, 2.45) is 5.14 Å². The number of pyridine rings is 1. The lowest BCUT2D eigenvalue weighted by atomic mass is 10.3. The number of sulfone groups is 1. The van der Waals surface area contributed by atoms with Gasteiger partial charge in [0.05, 0.1) is 32.7 Å². The van der Waals surface area contributed by atoms with Gasteiger partial charge in [-0.3, -0.25) is 0 Å². The summed E-state index contributed by atoms with van der Waals surface area (Å²) in [5.74, 6) is 0. The molecular formula is C15H15ClN4O4S2. The number of hydrogen-bond acceptors (Lipinski definition) is 6. The highest BCUT2D eigenvalue weighted by Gasteiger charge is 2.18. The Hall–Kier alpha value is -2.14. The van der Waals surface area contributed by atoms with Gasteiger partial charge in [-0.05, 0) is 30.3 Å². The number of sulfonamides is 1. The van der Waals surface area contributed by atoms with Crippen LogP contribution in [0.2, 0.25) is 5.02 Å². The van der Waals surface area contributed by atoms with Crippen LogP contribution in [0.1, 0.15) is 5.69 Å². The first kappa shape index (κ1) is 18.6. The summed E-state index contributed by atoms with van der Waals surface area (Å²) in [6.07, 6.45) is 4.45. The normalized spacial score (nSPS) is 12.4. The number of benzene rings is 1. The Morgan fingerprint density at radius 3 is 2.54 bits per heavy atom. The summed E-state index contributed by atoms with van der Waals surface area (Å²) in [6, 6.07) is 7.12. The first-order valence-electron chi connectivity index (χ1n) is 7.28. The van der Waals surface area contributed by atoms with Crippen LogP contribution in [0.4, 0.5) is 5.69 Å². The van der Waals surface area contributed by atoms with E-state index in [2.05, 4.69) is 10.3 Å². The number of nitrogens with two attached hydrogens (primary N) is 1. The minimum absolute atomic E-state index is 0.157. The molecule has 3 aromatic rings. The predicted octanol–water partition coefficient (Wildman–Crippen LogP) is 1.65. The van der Waals surface area contributed by atoms with Gasteiger partial charge < -0.3 is 9.72 Å². The van der Waals surface area contributed by atoms with Gasteiger partial charge in [0, 0.05) is 18.6 Å². The van der Waals surface area contributed by atoms with Crippen molar-refractivity contribution in [3.8, 4) is 0 Å². The van der Waals surface area contributed by atoms with Crippen molar-refractivity contribution in [2.45, 2.75) is 16.3 Å². The molecule has 2 heterocycles. The summed E-state index contributed by atoms with van der Waals surface area (Å²) in [7, 11) is -7.69. The van der Waals surface area contributed by atoms with Crippen molar-refractivity contribution in [3.63, 3.8) is 0 Å². The Balaban J connectivity index is 1.93. The smallest absolute Gasteiger partial charge is 0.238 e. The second-order valence-electron chi connectivity index (χ2n) is 5.67. The Bertz CT molecular complexity index is 1200. The highest BCUT2D eigenvalue weighted by molar-refractivity contribution is 7.91. The average molecular weight is 415 g/mol. The van der Waals surface area contributed by atoms with Crippen molar-refractivity contribution in [3.05, 3.63) is 53.4 Å². The summed E-state index contributed by atoms with van der Waals surface area (Å²) in [5.41, 5.74) is 1.61. The number of nitrogens with one attached hydrogen (secondary N) is 1. The summed E-state index contributed by atoms with van der Waals surface area (Å²) in [5, 5.41) is 8.60. The van der Waals surface area contributed by atoms with Gasteiger partial charge in [-0.15, -0.1) is 0 Å². The first-order valence-corrected chi connectivity index (χ1v) is 11.1. The topological polar surface area (TPSA) is 124 Å². The minimum Gasteiger partial charge on any atom is -0.378 e. The molecule has 26 heavy (non-hydrogen) atoms. The summed E-state index contributed by atoms with van der Waals surface area (Å²) < 4.78 is 48.7. The van der Waals surface area contributed by atoms with Gasteiger partial charge in [0.25, 0.3) is 0 Å². The minimum atomic E-state index is -4.01. The lowest BCUT2D eigenvalue weighted by Crippen LogP contribution is -2.14. The maximum atomic E-state index is 12.0. The molecule has 3 rings (SSSR count). The van der Waals surface area contributed by atoms with Gasteiger partial charge >= 0.3 is 0 Å².